The van der Waals surface area contributed by atoms with E-state index in [1.807, 2.05) is 0 Å². The van der Waals surface area contributed by atoms with E-state index in [2.05, 4.69) is 62.4 Å². The van der Waals surface area contributed by atoms with Gasteiger partial charge in [0.1, 0.15) is 11.2 Å². The molecular formula is C26H31N9O. The van der Waals surface area contributed by atoms with Crippen molar-refractivity contribution < 1.29 is 4.74 Å². The fourth-order valence-corrected chi connectivity index (χ4v) is 5.00. The normalized spacial score (nSPS) is 16.8. The van der Waals surface area contributed by atoms with Gasteiger partial charge in [0.15, 0.2) is 5.65 Å². The quantitative estimate of drug-likeness (QED) is 0.455. The second-order valence-corrected chi connectivity index (χ2v) is 9.45. The van der Waals surface area contributed by atoms with Crippen LogP contribution in [0.4, 0.5) is 17.8 Å². The number of anilines is 3. The van der Waals surface area contributed by atoms with Gasteiger partial charge in [0.05, 0.1) is 13.2 Å². The van der Waals surface area contributed by atoms with Gasteiger partial charge in [0.25, 0.3) is 0 Å². The molecule has 0 aliphatic carbocycles. The smallest absolute Gasteiger partial charge is 0.228 e. The van der Waals surface area contributed by atoms with Crippen LogP contribution in [0.1, 0.15) is 37.4 Å². The zero-order chi connectivity index (χ0) is 24.6. The van der Waals surface area contributed by atoms with Crippen LogP contribution in [0.3, 0.4) is 0 Å². The lowest BCUT2D eigenvalue weighted by atomic mass is 10.0. The molecule has 1 aromatic carbocycles. The van der Waals surface area contributed by atoms with Crippen LogP contribution >= 0.6 is 0 Å². The van der Waals surface area contributed by atoms with E-state index in [4.69, 9.17) is 25.4 Å². The Hall–Kier alpha value is -3.79. The highest BCUT2D eigenvalue weighted by molar-refractivity contribution is 5.90. The van der Waals surface area contributed by atoms with Gasteiger partial charge in [-0.2, -0.15) is 4.98 Å². The van der Waals surface area contributed by atoms with Crippen LogP contribution in [-0.2, 0) is 17.7 Å². The summed E-state index contributed by atoms with van der Waals surface area (Å²) in [4.78, 5) is 28.3. The van der Waals surface area contributed by atoms with Crippen molar-refractivity contribution in [3.8, 4) is 11.3 Å². The van der Waals surface area contributed by atoms with E-state index < -0.39 is 0 Å². The highest BCUT2D eigenvalue weighted by Crippen LogP contribution is 2.35. The van der Waals surface area contributed by atoms with Gasteiger partial charge < -0.3 is 20.3 Å². The molecule has 1 fully saturated rings. The molecule has 186 valence electrons. The molecule has 2 aliphatic rings. The van der Waals surface area contributed by atoms with E-state index in [0.717, 1.165) is 67.4 Å². The number of ether oxygens (including phenoxy) is 1. The third kappa shape index (κ3) is 4.01. The fourth-order valence-electron chi connectivity index (χ4n) is 5.00. The SMILES string of the molecule is CCC(C)n1c(N2CCc3ccccc3C2)nc2c(-c3cnc(N)nc3)nc(N3CCOCC3)nc21. The minimum Gasteiger partial charge on any atom is -0.378 e. The minimum absolute atomic E-state index is 0.213. The summed E-state index contributed by atoms with van der Waals surface area (Å²) in [6.07, 6.45) is 5.38. The number of fused-ring (bicyclic) bond motifs is 2. The molecule has 0 radical (unpaired) electrons. The largest absolute Gasteiger partial charge is 0.378 e. The topological polar surface area (TPSA) is 111 Å². The van der Waals surface area contributed by atoms with Gasteiger partial charge >= 0.3 is 0 Å². The predicted molar refractivity (Wildman–Crippen MR) is 140 cm³/mol. The summed E-state index contributed by atoms with van der Waals surface area (Å²) in [6.45, 7) is 8.96. The number of morpholine rings is 1. The number of rotatable bonds is 5. The van der Waals surface area contributed by atoms with Gasteiger partial charge in [0.2, 0.25) is 17.8 Å². The molecule has 6 rings (SSSR count). The van der Waals surface area contributed by atoms with Crippen molar-refractivity contribution in [2.75, 3.05) is 48.4 Å². The summed E-state index contributed by atoms with van der Waals surface area (Å²) in [5, 5.41) is 0. The lowest BCUT2D eigenvalue weighted by Crippen LogP contribution is -2.37. The van der Waals surface area contributed by atoms with E-state index in [-0.39, 0.29) is 12.0 Å². The van der Waals surface area contributed by atoms with Crippen LogP contribution in [-0.4, -0.2) is 62.3 Å². The molecule has 10 nitrogen and oxygen atoms in total. The summed E-state index contributed by atoms with van der Waals surface area (Å²) in [5.41, 5.74) is 11.6. The summed E-state index contributed by atoms with van der Waals surface area (Å²) in [5.74, 6) is 1.84. The molecule has 10 heteroatoms. The van der Waals surface area contributed by atoms with E-state index in [1.165, 1.54) is 11.1 Å². The Morgan fingerprint density at radius 2 is 1.72 bits per heavy atom. The lowest BCUT2D eigenvalue weighted by molar-refractivity contribution is 0.122. The second kappa shape index (κ2) is 9.34. The number of nitrogen functional groups attached to an aromatic ring is 1. The summed E-state index contributed by atoms with van der Waals surface area (Å²) in [7, 11) is 0. The molecule has 1 atom stereocenters. The summed E-state index contributed by atoms with van der Waals surface area (Å²) >= 11 is 0. The zero-order valence-corrected chi connectivity index (χ0v) is 20.8. The fraction of sp³-hybridized carbons (Fsp3) is 0.423. The Kier molecular flexibility index (Phi) is 5.88. The number of imidazole rings is 1. The molecule has 0 spiro atoms. The average Bonchev–Trinajstić information content (AvgIpc) is 3.32. The molecule has 2 N–H and O–H groups in total. The molecule has 3 aromatic heterocycles. The molecule has 0 saturated carbocycles. The van der Waals surface area contributed by atoms with Crippen molar-refractivity contribution in [2.24, 2.45) is 0 Å². The van der Waals surface area contributed by atoms with Crippen LogP contribution < -0.4 is 15.5 Å². The van der Waals surface area contributed by atoms with E-state index in [9.17, 15) is 0 Å². The van der Waals surface area contributed by atoms with Gasteiger partial charge in [-0.25, -0.2) is 19.9 Å². The van der Waals surface area contributed by atoms with E-state index >= 15 is 0 Å². The van der Waals surface area contributed by atoms with Crippen LogP contribution in [0.15, 0.2) is 36.7 Å². The van der Waals surface area contributed by atoms with Crippen molar-refractivity contribution in [3.63, 3.8) is 0 Å². The number of nitrogens with zero attached hydrogens (tertiary/aromatic N) is 8. The molecule has 2 aliphatic heterocycles. The number of hydrogen-bond acceptors (Lipinski definition) is 9. The van der Waals surface area contributed by atoms with Gasteiger partial charge in [-0.1, -0.05) is 31.2 Å². The zero-order valence-electron chi connectivity index (χ0n) is 20.8. The van der Waals surface area contributed by atoms with Crippen molar-refractivity contribution in [2.45, 2.75) is 39.3 Å². The van der Waals surface area contributed by atoms with Crippen molar-refractivity contribution in [3.05, 3.63) is 47.8 Å². The van der Waals surface area contributed by atoms with Crippen molar-refractivity contribution in [1.82, 2.24) is 29.5 Å². The van der Waals surface area contributed by atoms with Crippen LogP contribution in [0.2, 0.25) is 0 Å². The molecule has 5 heterocycles. The molecule has 36 heavy (non-hydrogen) atoms. The lowest BCUT2D eigenvalue weighted by Gasteiger charge is -2.31. The predicted octanol–water partition coefficient (Wildman–Crippen LogP) is 3.24. The number of nitrogens with two attached hydrogens (primary N) is 1. The second-order valence-electron chi connectivity index (χ2n) is 9.45. The number of hydrogen-bond donors (Lipinski definition) is 1. The molecule has 1 saturated heterocycles. The molecule has 1 unspecified atom stereocenters. The average molecular weight is 486 g/mol. The molecule has 0 bridgehead atoms. The maximum atomic E-state index is 5.78. The van der Waals surface area contributed by atoms with Gasteiger partial charge in [-0.15, -0.1) is 0 Å². The van der Waals surface area contributed by atoms with Crippen molar-refractivity contribution in [1.29, 1.82) is 0 Å². The first-order valence-corrected chi connectivity index (χ1v) is 12.6. The third-order valence-electron chi connectivity index (χ3n) is 7.19. The summed E-state index contributed by atoms with van der Waals surface area (Å²) in [6, 6.07) is 8.88. The third-order valence-corrected chi connectivity index (χ3v) is 7.19. The highest BCUT2D eigenvalue weighted by atomic mass is 16.5. The van der Waals surface area contributed by atoms with Gasteiger partial charge in [-0.05, 0) is 30.9 Å². The maximum absolute atomic E-state index is 5.78. The molecule has 4 aromatic rings. The minimum atomic E-state index is 0.213. The van der Waals surface area contributed by atoms with Gasteiger partial charge in [0, 0.05) is 50.2 Å². The van der Waals surface area contributed by atoms with Crippen molar-refractivity contribution >= 4 is 29.0 Å². The molecule has 0 amide bonds. The maximum Gasteiger partial charge on any atom is 0.228 e. The number of aromatic nitrogens is 6. The molecular weight excluding hydrogens is 454 g/mol. The first-order chi connectivity index (χ1) is 17.6. The standard InChI is InChI=1S/C26H31N9O/c1-3-17(2)35-23-22(31-26(35)34-9-8-18-6-4-5-7-19(18)16-34)21(20-14-28-24(27)29-15-20)30-25(32-23)33-10-12-36-13-11-33/h4-7,14-15,17H,3,8-13,16H2,1-2H3,(H2,27,28,29). The van der Waals surface area contributed by atoms with Crippen LogP contribution in [0.25, 0.3) is 22.4 Å². The van der Waals surface area contributed by atoms with E-state index in [0.29, 0.717) is 19.2 Å². The Labute approximate surface area is 210 Å². The first-order valence-electron chi connectivity index (χ1n) is 12.6. The summed E-state index contributed by atoms with van der Waals surface area (Å²) < 4.78 is 7.86. The van der Waals surface area contributed by atoms with Gasteiger partial charge in [-0.3, -0.25) is 4.57 Å². The van der Waals surface area contributed by atoms with E-state index in [1.54, 1.807) is 12.4 Å². The monoisotopic (exact) mass is 485 g/mol. The number of benzene rings is 1. The first kappa shape index (κ1) is 22.7. The Morgan fingerprint density at radius 3 is 2.47 bits per heavy atom. The Morgan fingerprint density at radius 1 is 0.972 bits per heavy atom. The van der Waals surface area contributed by atoms with Crippen LogP contribution in [0.5, 0.6) is 0 Å². The Bertz CT molecular complexity index is 1380. The van der Waals surface area contributed by atoms with Crippen LogP contribution in [0, 0.1) is 0 Å². The highest BCUT2D eigenvalue weighted by Gasteiger charge is 2.28. The Balaban J connectivity index is 1.55.